The maximum Gasteiger partial charge on any atom is 0.269 e. The van der Waals surface area contributed by atoms with Gasteiger partial charge < -0.3 is 23.7 Å². The van der Waals surface area contributed by atoms with Crippen LogP contribution in [0.3, 0.4) is 0 Å². The van der Waals surface area contributed by atoms with Crippen molar-refractivity contribution in [3.05, 3.63) is 47.5 Å². The molecule has 0 unspecified atom stereocenters. The summed E-state index contributed by atoms with van der Waals surface area (Å²) in [6, 6.07) is 8.03. The van der Waals surface area contributed by atoms with Crippen LogP contribution in [-0.2, 0) is 4.79 Å². The molecular weight excluding hydrogens is 392 g/mol. The quantitative estimate of drug-likeness (QED) is 0.502. The molecule has 2 aromatic carbocycles. The van der Waals surface area contributed by atoms with Crippen LogP contribution in [0.25, 0.3) is 6.08 Å². The highest BCUT2D eigenvalue weighted by molar-refractivity contribution is 5.98. The summed E-state index contributed by atoms with van der Waals surface area (Å²) in [4.78, 5) is 24.3. The Kier molecular flexibility index (Phi) is 7.92. The van der Waals surface area contributed by atoms with Gasteiger partial charge >= 0.3 is 0 Å². The number of hydrogen-bond donors (Lipinski definition) is 2. The first-order valence-electron chi connectivity index (χ1n) is 8.77. The van der Waals surface area contributed by atoms with Crippen molar-refractivity contribution < 1.29 is 33.3 Å². The highest BCUT2D eigenvalue weighted by Gasteiger charge is 2.13. The van der Waals surface area contributed by atoms with E-state index >= 15 is 0 Å². The number of methoxy groups -OCH3 is 5. The highest BCUT2D eigenvalue weighted by Crippen LogP contribution is 2.38. The van der Waals surface area contributed by atoms with Crippen LogP contribution < -0.4 is 34.5 Å². The average molecular weight is 416 g/mol. The van der Waals surface area contributed by atoms with Gasteiger partial charge in [-0.1, -0.05) is 0 Å². The SMILES string of the molecule is COc1ccc(C(=O)NNC(=O)C=Cc2cc(OC)c(OC)c(OC)c2)cc1OC. The summed E-state index contributed by atoms with van der Waals surface area (Å²) < 4.78 is 26.1. The third kappa shape index (κ3) is 5.34. The summed E-state index contributed by atoms with van der Waals surface area (Å²) >= 11 is 0. The highest BCUT2D eigenvalue weighted by atomic mass is 16.5. The zero-order chi connectivity index (χ0) is 22.1. The fourth-order valence-corrected chi connectivity index (χ4v) is 2.58. The fourth-order valence-electron chi connectivity index (χ4n) is 2.58. The van der Waals surface area contributed by atoms with Gasteiger partial charge in [0.1, 0.15) is 0 Å². The van der Waals surface area contributed by atoms with Crippen LogP contribution in [0.1, 0.15) is 15.9 Å². The van der Waals surface area contributed by atoms with Crippen molar-refractivity contribution in [1.29, 1.82) is 0 Å². The maximum absolute atomic E-state index is 12.2. The van der Waals surface area contributed by atoms with E-state index in [2.05, 4.69) is 10.9 Å². The molecule has 2 aromatic rings. The van der Waals surface area contributed by atoms with E-state index in [9.17, 15) is 9.59 Å². The molecule has 30 heavy (non-hydrogen) atoms. The topological polar surface area (TPSA) is 104 Å². The maximum atomic E-state index is 12.2. The van der Waals surface area contributed by atoms with Crippen molar-refractivity contribution in [2.45, 2.75) is 0 Å². The number of ether oxygens (including phenoxy) is 5. The molecule has 0 aliphatic carbocycles. The molecule has 0 heterocycles. The van der Waals surface area contributed by atoms with Crippen LogP contribution in [0.2, 0.25) is 0 Å². The number of hydrazine groups is 1. The summed E-state index contributed by atoms with van der Waals surface area (Å²) in [5.74, 6) is 1.22. The zero-order valence-corrected chi connectivity index (χ0v) is 17.4. The Hall–Kier alpha value is -3.88. The van der Waals surface area contributed by atoms with Crippen LogP contribution in [0.4, 0.5) is 0 Å². The van der Waals surface area contributed by atoms with Gasteiger partial charge in [-0.05, 0) is 42.0 Å². The summed E-state index contributed by atoms with van der Waals surface area (Å²) in [5.41, 5.74) is 5.58. The van der Waals surface area contributed by atoms with E-state index in [0.717, 1.165) is 0 Å². The molecule has 2 amide bonds. The largest absolute Gasteiger partial charge is 0.493 e. The lowest BCUT2D eigenvalue weighted by molar-refractivity contribution is -0.117. The molecule has 0 saturated carbocycles. The zero-order valence-electron chi connectivity index (χ0n) is 17.4. The van der Waals surface area contributed by atoms with Gasteiger partial charge in [0.25, 0.3) is 11.8 Å². The van der Waals surface area contributed by atoms with Gasteiger partial charge in [-0.25, -0.2) is 0 Å². The molecule has 0 bridgehead atoms. The van der Waals surface area contributed by atoms with Crippen molar-refractivity contribution in [2.75, 3.05) is 35.5 Å². The van der Waals surface area contributed by atoms with Crippen LogP contribution in [-0.4, -0.2) is 47.4 Å². The number of amides is 2. The lowest BCUT2D eigenvalue weighted by Gasteiger charge is -2.12. The minimum Gasteiger partial charge on any atom is -0.493 e. The molecule has 9 heteroatoms. The van der Waals surface area contributed by atoms with Gasteiger partial charge in [0.15, 0.2) is 23.0 Å². The predicted molar refractivity (Wildman–Crippen MR) is 110 cm³/mol. The molecule has 9 nitrogen and oxygen atoms in total. The van der Waals surface area contributed by atoms with Gasteiger partial charge in [-0.3, -0.25) is 20.4 Å². The molecule has 2 rings (SSSR count). The number of benzene rings is 2. The summed E-state index contributed by atoms with van der Waals surface area (Å²) in [7, 11) is 7.47. The van der Waals surface area contributed by atoms with Crippen LogP contribution in [0, 0.1) is 0 Å². The molecule has 0 aliphatic rings. The van der Waals surface area contributed by atoms with Gasteiger partial charge in [-0.2, -0.15) is 0 Å². The second-order valence-electron chi connectivity index (χ2n) is 5.81. The van der Waals surface area contributed by atoms with E-state index < -0.39 is 11.8 Å². The Bertz CT molecular complexity index is 916. The van der Waals surface area contributed by atoms with E-state index in [0.29, 0.717) is 39.9 Å². The van der Waals surface area contributed by atoms with Crippen molar-refractivity contribution >= 4 is 17.9 Å². The minimum atomic E-state index is -0.530. The van der Waals surface area contributed by atoms with Crippen LogP contribution in [0.5, 0.6) is 28.7 Å². The minimum absolute atomic E-state index is 0.293. The lowest BCUT2D eigenvalue weighted by atomic mass is 10.1. The Morgan fingerprint density at radius 1 is 0.733 bits per heavy atom. The molecule has 0 atom stereocenters. The number of carbonyl (C=O) groups excluding carboxylic acids is 2. The summed E-state index contributed by atoms with van der Waals surface area (Å²) in [6.45, 7) is 0. The van der Waals surface area contributed by atoms with Crippen LogP contribution in [0.15, 0.2) is 36.4 Å². The molecule has 0 spiro atoms. The Labute approximate surface area is 174 Å². The normalized spacial score (nSPS) is 10.3. The average Bonchev–Trinajstić information content (AvgIpc) is 2.79. The molecule has 0 aliphatic heterocycles. The molecule has 160 valence electrons. The Morgan fingerprint density at radius 2 is 1.33 bits per heavy atom. The number of rotatable bonds is 8. The first-order valence-corrected chi connectivity index (χ1v) is 8.77. The first-order chi connectivity index (χ1) is 14.5. The van der Waals surface area contributed by atoms with Crippen molar-refractivity contribution in [3.63, 3.8) is 0 Å². The molecule has 0 aromatic heterocycles. The monoisotopic (exact) mass is 416 g/mol. The van der Waals surface area contributed by atoms with Gasteiger partial charge in [-0.15, -0.1) is 0 Å². The molecular formula is C21H24N2O7. The summed E-state index contributed by atoms with van der Waals surface area (Å²) in [5, 5.41) is 0. The smallest absolute Gasteiger partial charge is 0.269 e. The summed E-state index contributed by atoms with van der Waals surface area (Å²) in [6.07, 6.45) is 2.80. The van der Waals surface area contributed by atoms with Crippen LogP contribution >= 0.6 is 0 Å². The Morgan fingerprint density at radius 3 is 1.87 bits per heavy atom. The lowest BCUT2D eigenvalue weighted by Crippen LogP contribution is -2.40. The third-order valence-corrected chi connectivity index (χ3v) is 4.06. The van der Waals surface area contributed by atoms with Gasteiger partial charge in [0.05, 0.1) is 35.5 Å². The van der Waals surface area contributed by atoms with Gasteiger partial charge in [0.2, 0.25) is 5.75 Å². The van der Waals surface area contributed by atoms with Crippen molar-refractivity contribution in [1.82, 2.24) is 10.9 Å². The number of carbonyl (C=O) groups is 2. The molecule has 2 N–H and O–H groups in total. The Balaban J connectivity index is 2.04. The standard InChI is InChI=1S/C21H24N2O7/c1-26-15-8-7-14(12-16(15)27-2)21(25)23-22-19(24)9-6-13-10-17(28-3)20(30-5)18(11-13)29-4/h6-12H,1-5H3,(H,22,24)(H,23,25). The first kappa shape index (κ1) is 22.4. The number of nitrogens with one attached hydrogen (secondary N) is 2. The van der Waals surface area contributed by atoms with E-state index in [1.54, 1.807) is 30.3 Å². The van der Waals surface area contributed by atoms with E-state index in [1.807, 2.05) is 0 Å². The van der Waals surface area contributed by atoms with E-state index in [1.165, 1.54) is 47.7 Å². The van der Waals surface area contributed by atoms with Crippen molar-refractivity contribution in [3.8, 4) is 28.7 Å². The second-order valence-corrected chi connectivity index (χ2v) is 5.81. The van der Waals surface area contributed by atoms with Crippen molar-refractivity contribution in [2.24, 2.45) is 0 Å². The molecule has 0 fully saturated rings. The van der Waals surface area contributed by atoms with Gasteiger partial charge in [0, 0.05) is 11.6 Å². The van der Waals surface area contributed by atoms with E-state index in [4.69, 9.17) is 23.7 Å². The predicted octanol–water partition coefficient (Wildman–Crippen LogP) is 2.20. The second kappa shape index (κ2) is 10.6. The molecule has 0 radical (unpaired) electrons. The van der Waals surface area contributed by atoms with E-state index in [-0.39, 0.29) is 0 Å². The fraction of sp³-hybridized carbons (Fsp3) is 0.238. The third-order valence-electron chi connectivity index (χ3n) is 4.06. The number of hydrogen-bond acceptors (Lipinski definition) is 7. The molecule has 0 saturated heterocycles.